The highest BCUT2D eigenvalue weighted by molar-refractivity contribution is 5.94. The molecule has 3 aromatic carbocycles. The lowest BCUT2D eigenvalue weighted by Gasteiger charge is -2.28. The van der Waals surface area contributed by atoms with E-state index in [1.165, 1.54) is 6.07 Å². The Morgan fingerprint density at radius 3 is 1.97 bits per heavy atom. The minimum atomic E-state index is -1.06. The van der Waals surface area contributed by atoms with Crippen molar-refractivity contribution < 1.29 is 18.4 Å². The maximum Gasteiger partial charge on any atom is 0.243 e. The molecule has 0 aliphatic heterocycles. The number of hydrogen-bond donors (Lipinski definition) is 2. The summed E-state index contributed by atoms with van der Waals surface area (Å²) in [6.07, 6.45) is 0. The summed E-state index contributed by atoms with van der Waals surface area (Å²) in [6.45, 7) is -0.222. The van der Waals surface area contributed by atoms with E-state index in [1.54, 1.807) is 0 Å². The second-order valence-electron chi connectivity index (χ2n) is 7.09. The van der Waals surface area contributed by atoms with Crippen LogP contribution in [0.25, 0.3) is 0 Å². The Morgan fingerprint density at radius 2 is 1.42 bits per heavy atom. The highest BCUT2D eigenvalue weighted by atomic mass is 19.2. The van der Waals surface area contributed by atoms with Crippen molar-refractivity contribution in [3.05, 3.63) is 102 Å². The van der Waals surface area contributed by atoms with Crippen LogP contribution in [0.5, 0.6) is 0 Å². The fourth-order valence-electron chi connectivity index (χ4n) is 3.30. The molecule has 3 aromatic rings. The molecule has 0 saturated heterocycles. The topological polar surface area (TPSA) is 61.4 Å². The molecule has 0 aliphatic carbocycles. The summed E-state index contributed by atoms with van der Waals surface area (Å²) in [5.74, 6) is -2.93. The van der Waals surface area contributed by atoms with Crippen LogP contribution in [-0.4, -0.2) is 36.9 Å². The lowest BCUT2D eigenvalue weighted by molar-refractivity contribution is -0.125. The molecule has 0 heterocycles. The van der Waals surface area contributed by atoms with Gasteiger partial charge in [0.15, 0.2) is 11.6 Å². The van der Waals surface area contributed by atoms with Crippen molar-refractivity contribution in [2.75, 3.05) is 25.5 Å². The molecule has 0 radical (unpaired) electrons. The van der Waals surface area contributed by atoms with Gasteiger partial charge in [0.05, 0.1) is 19.1 Å². The van der Waals surface area contributed by atoms with E-state index in [-0.39, 0.29) is 30.7 Å². The molecule has 0 atom stereocenters. The molecule has 3 rings (SSSR count). The number of rotatable bonds is 8. The molecule has 2 N–H and O–H groups in total. The first-order valence-corrected chi connectivity index (χ1v) is 9.76. The number of carbonyl (C=O) groups excluding carboxylic acids is 2. The number of nitrogens with one attached hydrogen (secondary N) is 2. The van der Waals surface area contributed by atoms with Crippen molar-refractivity contribution in [3.63, 3.8) is 0 Å². The van der Waals surface area contributed by atoms with Crippen LogP contribution in [0.4, 0.5) is 14.5 Å². The molecule has 0 saturated carbocycles. The fourth-order valence-corrected chi connectivity index (χ4v) is 3.30. The van der Waals surface area contributed by atoms with Gasteiger partial charge in [0.2, 0.25) is 11.8 Å². The molecule has 0 bridgehead atoms. The summed E-state index contributed by atoms with van der Waals surface area (Å²) in [7, 11) is 1.84. The van der Waals surface area contributed by atoms with Crippen molar-refractivity contribution >= 4 is 17.5 Å². The van der Waals surface area contributed by atoms with Gasteiger partial charge in [-0.05, 0) is 30.3 Å². The zero-order valence-corrected chi connectivity index (χ0v) is 17.0. The largest absolute Gasteiger partial charge is 0.346 e. The highest BCUT2D eigenvalue weighted by Gasteiger charge is 2.21. The molecule has 31 heavy (non-hydrogen) atoms. The summed E-state index contributed by atoms with van der Waals surface area (Å²) in [4.78, 5) is 26.4. The Morgan fingerprint density at radius 1 is 0.839 bits per heavy atom. The van der Waals surface area contributed by atoms with Crippen molar-refractivity contribution in [2.45, 2.75) is 6.04 Å². The van der Waals surface area contributed by atoms with Gasteiger partial charge < -0.3 is 10.6 Å². The Labute approximate surface area is 179 Å². The maximum absolute atomic E-state index is 13.2. The summed E-state index contributed by atoms with van der Waals surface area (Å²) in [6, 6.07) is 22.6. The van der Waals surface area contributed by atoms with E-state index in [0.717, 1.165) is 23.3 Å². The predicted octanol–water partition coefficient (Wildman–Crippen LogP) is 3.74. The van der Waals surface area contributed by atoms with E-state index in [4.69, 9.17) is 0 Å². The monoisotopic (exact) mass is 423 g/mol. The molecule has 5 nitrogen and oxygen atoms in total. The van der Waals surface area contributed by atoms with Gasteiger partial charge in [0, 0.05) is 11.8 Å². The minimum Gasteiger partial charge on any atom is -0.346 e. The molecular weight excluding hydrogens is 400 g/mol. The maximum atomic E-state index is 13.2. The lowest BCUT2D eigenvalue weighted by Crippen LogP contribution is -2.40. The van der Waals surface area contributed by atoms with Crippen molar-refractivity contribution in [1.29, 1.82) is 0 Å². The lowest BCUT2D eigenvalue weighted by atomic mass is 9.97. The number of nitrogens with zero attached hydrogens (tertiary/aromatic N) is 1. The summed E-state index contributed by atoms with van der Waals surface area (Å²) in [5, 5.41) is 4.98. The number of halogens is 2. The van der Waals surface area contributed by atoms with Gasteiger partial charge in [-0.2, -0.15) is 0 Å². The number of hydrogen-bond acceptors (Lipinski definition) is 3. The van der Waals surface area contributed by atoms with Crippen LogP contribution in [0.1, 0.15) is 17.2 Å². The molecule has 7 heteroatoms. The predicted molar refractivity (Wildman–Crippen MR) is 115 cm³/mol. The molecule has 160 valence electrons. The van der Waals surface area contributed by atoms with Gasteiger partial charge in [-0.25, -0.2) is 8.78 Å². The van der Waals surface area contributed by atoms with Crippen LogP contribution < -0.4 is 10.6 Å². The Bertz CT molecular complexity index is 990. The second-order valence-corrected chi connectivity index (χ2v) is 7.09. The number of carbonyl (C=O) groups is 2. The second kappa shape index (κ2) is 10.4. The molecule has 2 amide bonds. The van der Waals surface area contributed by atoms with Gasteiger partial charge in [-0.3, -0.25) is 14.5 Å². The Kier molecular flexibility index (Phi) is 7.45. The van der Waals surface area contributed by atoms with Gasteiger partial charge in [-0.1, -0.05) is 60.7 Å². The van der Waals surface area contributed by atoms with E-state index in [9.17, 15) is 18.4 Å². The van der Waals surface area contributed by atoms with Crippen molar-refractivity contribution in [3.8, 4) is 0 Å². The first kappa shape index (κ1) is 22.1. The molecule has 0 aromatic heterocycles. The van der Waals surface area contributed by atoms with Gasteiger partial charge >= 0.3 is 0 Å². The Hall–Kier alpha value is -3.58. The quantitative estimate of drug-likeness (QED) is 0.580. The van der Waals surface area contributed by atoms with Crippen LogP contribution in [0, 0.1) is 11.6 Å². The average Bonchev–Trinajstić information content (AvgIpc) is 2.76. The average molecular weight is 423 g/mol. The van der Waals surface area contributed by atoms with Crippen LogP contribution in [0.15, 0.2) is 78.9 Å². The molecule has 0 fully saturated rings. The molecule has 0 aliphatic rings. The van der Waals surface area contributed by atoms with E-state index >= 15 is 0 Å². The first-order valence-electron chi connectivity index (χ1n) is 9.76. The van der Waals surface area contributed by atoms with Crippen molar-refractivity contribution in [2.24, 2.45) is 0 Å². The Balaban J connectivity index is 1.59. The van der Waals surface area contributed by atoms with Crippen LogP contribution >= 0.6 is 0 Å². The van der Waals surface area contributed by atoms with E-state index < -0.39 is 17.5 Å². The third-order valence-electron chi connectivity index (χ3n) is 4.71. The third-order valence-corrected chi connectivity index (χ3v) is 4.71. The molecular formula is C24H23F2N3O2. The van der Waals surface area contributed by atoms with Gasteiger partial charge in [0.25, 0.3) is 0 Å². The number of benzene rings is 3. The van der Waals surface area contributed by atoms with Gasteiger partial charge in [-0.15, -0.1) is 0 Å². The smallest absolute Gasteiger partial charge is 0.243 e. The van der Waals surface area contributed by atoms with Crippen LogP contribution in [0.3, 0.4) is 0 Å². The molecule has 0 unspecified atom stereocenters. The van der Waals surface area contributed by atoms with E-state index in [1.807, 2.05) is 72.6 Å². The minimum absolute atomic E-state index is 0.0624. The summed E-state index contributed by atoms with van der Waals surface area (Å²) >= 11 is 0. The third kappa shape index (κ3) is 6.20. The molecule has 0 spiro atoms. The van der Waals surface area contributed by atoms with Crippen molar-refractivity contribution in [1.82, 2.24) is 10.2 Å². The number of amides is 2. The zero-order valence-electron chi connectivity index (χ0n) is 17.0. The van der Waals surface area contributed by atoms with Gasteiger partial charge in [0.1, 0.15) is 0 Å². The van der Waals surface area contributed by atoms with Crippen LogP contribution in [-0.2, 0) is 9.59 Å². The normalized spacial score (nSPS) is 10.9. The van der Waals surface area contributed by atoms with E-state index in [0.29, 0.717) is 0 Å². The standard InChI is InChI=1S/C24H23F2N3O2/c1-29(24(17-8-4-2-5-9-17)18-10-6-3-7-11-18)16-23(31)27-15-22(30)28-19-12-13-20(25)21(26)14-19/h2-14,24H,15-16H2,1H3,(H,27,31)(H,28,30). The number of anilines is 1. The number of likely N-dealkylation sites (N-methyl/N-ethyl adjacent to an activating group) is 1. The first-order chi connectivity index (χ1) is 14.9. The fraction of sp³-hybridized carbons (Fsp3) is 0.167. The summed E-state index contributed by atoms with van der Waals surface area (Å²) in [5.41, 5.74) is 2.20. The zero-order chi connectivity index (χ0) is 22.2. The van der Waals surface area contributed by atoms with Crippen LogP contribution in [0.2, 0.25) is 0 Å². The highest BCUT2D eigenvalue weighted by Crippen LogP contribution is 2.27. The SMILES string of the molecule is CN(CC(=O)NCC(=O)Nc1ccc(F)c(F)c1)C(c1ccccc1)c1ccccc1. The van der Waals surface area contributed by atoms with E-state index in [2.05, 4.69) is 10.6 Å². The summed E-state index contributed by atoms with van der Waals surface area (Å²) < 4.78 is 26.2.